The van der Waals surface area contributed by atoms with Crippen LogP contribution in [0.15, 0.2) is 58.3 Å². The molecule has 147 heavy (non-hydrogen) atoms. The van der Waals surface area contributed by atoms with Gasteiger partial charge in [0.15, 0.2) is 87.3 Å². The number of nitrogens with two attached hydrogens (primary N) is 1. The van der Waals surface area contributed by atoms with Crippen LogP contribution in [0.3, 0.4) is 0 Å². The number of anilines is 2. The normalized spacial score (nSPS) is 27.8. The third-order valence-electron chi connectivity index (χ3n) is 22.3. The van der Waals surface area contributed by atoms with Gasteiger partial charge in [-0.25, -0.2) is 87.2 Å². The maximum absolute atomic E-state index is 12.3. The van der Waals surface area contributed by atoms with Gasteiger partial charge in [-0.1, -0.05) is 19.0 Å². The lowest BCUT2D eigenvalue weighted by atomic mass is 10.1. The average Bonchev–Trinajstić information content (AvgIpc) is 1.60. The Morgan fingerprint density at radius 3 is 1.07 bits per heavy atom. The first-order chi connectivity index (χ1) is 68.0. The molecule has 0 aliphatic carbocycles. The number of H-pyrrole nitrogens is 2. The second kappa shape index (κ2) is 46.0. The van der Waals surface area contributed by atoms with Crippen LogP contribution in [-0.2, 0) is 101 Å². The number of aliphatic hydroxyl groups excluding tert-OH is 12. The second-order valence-corrected chi connectivity index (χ2v) is 40.2. The van der Waals surface area contributed by atoms with Crippen molar-refractivity contribution in [3.8, 4) is 5.88 Å². The molecule has 18 rings (SSSR count). The van der Waals surface area contributed by atoms with E-state index >= 15 is 0 Å². The molecule has 1 amide bonds. The van der Waals surface area contributed by atoms with Crippen molar-refractivity contribution in [2.75, 3.05) is 57.4 Å². The molecule has 812 valence electrons. The smallest absolute Gasteiger partial charge is 0.469 e. The number of phosphoric acid groups is 6. The summed E-state index contributed by atoms with van der Waals surface area (Å²) in [7, 11) is -25.5. The summed E-state index contributed by atoms with van der Waals surface area (Å²) in [6, 6.07) is 1.57. The summed E-state index contributed by atoms with van der Waals surface area (Å²) in [4.78, 5) is 212. The number of halogens is 1. The van der Waals surface area contributed by atoms with E-state index in [0.29, 0.717) is 62.5 Å². The number of aryl methyl sites for hydroxylation is 5. The van der Waals surface area contributed by atoms with Crippen molar-refractivity contribution in [1.82, 2.24) is 102 Å². The van der Waals surface area contributed by atoms with Gasteiger partial charge in [0.1, 0.15) is 156 Å². The highest BCUT2D eigenvalue weighted by Gasteiger charge is 2.54. The SMILES string of the molecule is C.COc1nc(C)nc2c1ncn2[C@@H]1O[C@H](COP(=O)(O)O)[C@@H](O)[C@H]1O.Cc1nc(Cl)c2ncn([C@@H]3O[C@H](COP(=O)(O)O)[C@@H](O)[C@H]3O)c2n1.Cc1nc2c(c(=O)[nH]1)CC(=O)N2[C@@H]1O[C@H](COP(=O)(O)O)[C@@H](O)[C@H]1O.Cc1nc2c(ncn2[C@@H]2O[C@H](COP(=O)(O)O)[C@@H](O)[C@H]2O)c(=O)[nH]1.Cc1nc2c(ncn2[C@@H]2O[C@H](COP(=O)(O)O)[C@@H](O)[C@H]2O)c(=O)n1C.Nc1ccnc2c1ncn2[C@@H]1O[C@H](COP(=O)(O)O)[C@@H](O)[C@H]1O. The molecule has 28 N–H and O–H groups in total. The van der Waals surface area contributed by atoms with Gasteiger partial charge in [0.25, 0.3) is 16.7 Å². The van der Waals surface area contributed by atoms with Crippen molar-refractivity contribution < 1.29 is 212 Å². The van der Waals surface area contributed by atoms with Crippen LogP contribution in [0.25, 0.3) is 55.8 Å². The van der Waals surface area contributed by atoms with Crippen LogP contribution in [0, 0.1) is 34.6 Å². The number of methoxy groups -OCH3 is 1. The first-order valence-corrected chi connectivity index (χ1v) is 51.3. The van der Waals surface area contributed by atoms with Gasteiger partial charge in [0.2, 0.25) is 11.8 Å². The van der Waals surface area contributed by atoms with Crippen molar-refractivity contribution in [2.24, 2.45) is 7.05 Å². The molecule has 24 atom stereocenters. The van der Waals surface area contributed by atoms with E-state index in [0.717, 1.165) is 4.90 Å². The number of pyridine rings is 1. The molecule has 0 aromatic carbocycles. The number of aromatic nitrogens is 21. The molecule has 0 spiro atoms. The minimum absolute atomic E-state index is 0. The lowest BCUT2D eigenvalue weighted by Gasteiger charge is -2.26. The summed E-state index contributed by atoms with van der Waals surface area (Å²) < 4.78 is 136. The van der Waals surface area contributed by atoms with Gasteiger partial charge in [0, 0.05) is 13.2 Å². The molecule has 7 aliphatic heterocycles. The molecule has 11 aromatic heterocycles. The highest BCUT2D eigenvalue weighted by molar-refractivity contribution is 7.47. The highest BCUT2D eigenvalue weighted by atomic mass is 35.5. The number of aliphatic hydroxyl groups is 12. The number of nitrogens with zero attached hydrogens (tertiary/aromatic N) is 20. The van der Waals surface area contributed by atoms with Gasteiger partial charge in [-0.15, -0.1) is 0 Å². The molecule has 77 heteroatoms. The van der Waals surface area contributed by atoms with Crippen LogP contribution in [0.2, 0.25) is 5.15 Å². The third kappa shape index (κ3) is 26.8. The standard InChI is InChI=1S/2C12H17N4O8P.C12H16N3O9P.C11H14ClN4O7P.C11H15N4O8P.C11H15N4O7P.CH4/c1-5-14-10-7(11(15-5)22-2)13-4-16(10)12-9(18)8(17)6(24-12)3-23-25(19,20)21;1-5-14-10-7(11(19)15(5)2)13-4-16(10)12-9(18)8(17)6(24-12)3-23-25(20,21)22;1-4-13-10-5(11(19)14-4)2-7(16)15(10)12-9(18)8(17)6(24-12)3-23-25(20,21)22;1-4-14-9(12)6-10(15-4)16(3-13-6)11-8(18)7(17)5(23-11)2-22-24(19,20)21;1-4-13-9-6(10(18)14-4)12-3-15(9)11-8(17)7(16)5(23-11)2-22-24(19,20)21;12-5-1-2-13-10-7(5)14-4-15(10)11-9(17)8(16)6(22-11)3-21-23(18,19)20;/h4,6,8-9,12,17-18H,3H2,1-2H3,(H2,19,20,21);4,6,8-9,12,17-18H,3H2,1-2H3,(H2,20,21,22);6,8-9,12,17-18H,2-3H2,1H3,(H,13,14,19)(H2,20,21,22);3,5,7-8,11,17-18H,2H2,1H3,(H2,19,20,21);3,5,7-8,11,16-17H,2H2,1H3,(H,13,14,18)(H2,19,20,21);1-2,4,6,8-9,11,16-17H,3H2,(H2,12,13)(H2,18,19,20);1H4/t3*6-,8-,9-,12-;2*5-,7-,8-,11-;6-,8-,9-,11-;/m111111./s1. The third-order valence-corrected chi connectivity index (χ3v) is 25.5. The number of rotatable bonds is 25. The van der Waals surface area contributed by atoms with E-state index in [1.807, 2.05) is 0 Å². The van der Waals surface area contributed by atoms with Crippen molar-refractivity contribution in [3.63, 3.8) is 0 Å². The fraction of sp³-hybridized carbons (Fsp3) is 0.557. The number of nitrogen functional groups attached to an aromatic ring is 1. The number of aromatic amines is 2. The minimum Gasteiger partial charge on any atom is -0.479 e. The van der Waals surface area contributed by atoms with Crippen molar-refractivity contribution in [2.45, 2.75) is 196 Å². The second-order valence-electron chi connectivity index (χ2n) is 32.4. The van der Waals surface area contributed by atoms with Crippen LogP contribution < -0.4 is 32.0 Å². The summed E-state index contributed by atoms with van der Waals surface area (Å²) in [5.41, 5.74) is 7.33. The number of phosphoric ester groups is 6. The van der Waals surface area contributed by atoms with Crippen molar-refractivity contribution in [3.05, 3.63) is 115 Å². The van der Waals surface area contributed by atoms with Gasteiger partial charge >= 0.3 is 46.9 Å². The highest BCUT2D eigenvalue weighted by Crippen LogP contribution is 2.47. The van der Waals surface area contributed by atoms with E-state index in [-0.39, 0.29) is 70.0 Å². The predicted octanol–water partition coefficient (Wildman–Crippen LogP) is -8.39. The Hall–Kier alpha value is -9.40. The quantitative estimate of drug-likeness (QED) is 0.0187. The summed E-state index contributed by atoms with van der Waals surface area (Å²) in [5.74, 6) is 1.46. The number of carbonyl (C=O) groups excluding carboxylic acids is 1. The van der Waals surface area contributed by atoms with Gasteiger partial charge in [-0.3, -0.25) is 78.6 Å². The van der Waals surface area contributed by atoms with Gasteiger partial charge in [-0.05, 0) is 40.7 Å². The Morgan fingerprint density at radius 2 is 0.694 bits per heavy atom. The van der Waals surface area contributed by atoms with Crippen LogP contribution in [-0.4, -0.2) is 391 Å². The van der Waals surface area contributed by atoms with Crippen LogP contribution in [0.5, 0.6) is 5.88 Å². The summed E-state index contributed by atoms with van der Waals surface area (Å²) in [6.45, 7) is 4.25. The Morgan fingerprint density at radius 1 is 0.388 bits per heavy atom. The Balaban J connectivity index is 0.000000157. The zero-order valence-electron chi connectivity index (χ0n) is 75.6. The van der Waals surface area contributed by atoms with Crippen LogP contribution in [0.4, 0.5) is 11.5 Å². The zero-order chi connectivity index (χ0) is 107. The maximum atomic E-state index is 12.3. The first-order valence-electron chi connectivity index (χ1n) is 41.8. The molecule has 6 fully saturated rings. The Kier molecular flexibility index (Phi) is 36.4. The molecule has 70 nitrogen and oxygen atoms in total. The lowest BCUT2D eigenvalue weighted by molar-refractivity contribution is -0.121. The number of hydrogen-bond donors (Lipinski definition) is 27. The van der Waals surface area contributed by atoms with E-state index in [1.54, 1.807) is 40.8 Å². The number of nitrogens with one attached hydrogen (secondary N) is 2. The fourth-order valence-electron chi connectivity index (χ4n) is 15.3. The van der Waals surface area contributed by atoms with Crippen molar-refractivity contribution in [1.29, 1.82) is 0 Å². The van der Waals surface area contributed by atoms with Gasteiger partial charge in [-0.2, -0.15) is 4.98 Å². The van der Waals surface area contributed by atoms with Gasteiger partial charge in [0.05, 0.1) is 96.1 Å². The molecule has 0 unspecified atom stereocenters. The Bertz CT molecular complexity index is 7090. The lowest BCUT2D eigenvalue weighted by Crippen LogP contribution is -2.46. The monoisotopic (exact) mass is 2230 g/mol. The van der Waals surface area contributed by atoms with E-state index in [1.165, 1.54) is 79.3 Å². The summed E-state index contributed by atoms with van der Waals surface area (Å²) >= 11 is 5.99. The largest absolute Gasteiger partial charge is 0.479 e. The number of imidazole rings is 5. The molecule has 0 radical (unpaired) electrons. The number of carbonyl (C=O) groups is 1. The van der Waals surface area contributed by atoms with Gasteiger partial charge < -0.3 is 169 Å². The van der Waals surface area contributed by atoms with Crippen LogP contribution >= 0.6 is 58.5 Å². The predicted molar refractivity (Wildman–Crippen MR) is 480 cm³/mol. The zero-order valence-corrected chi connectivity index (χ0v) is 81.7. The molecule has 11 aromatic rings. The molecule has 6 saturated heterocycles. The van der Waals surface area contributed by atoms with E-state index in [9.17, 15) is 108 Å². The Labute approximate surface area is 823 Å². The molecule has 0 saturated carbocycles. The molecule has 7 aliphatic rings. The average molecular weight is 2230 g/mol. The topological polar surface area (TPSA) is 1030 Å². The molecule has 0 bridgehead atoms. The molecule has 18 heterocycles. The molecular formula is C70H98ClN23O47P6. The molecular weight excluding hydrogens is 2140 g/mol. The summed E-state index contributed by atoms with van der Waals surface area (Å²) in [5, 5.41) is 121. The number of hydrogen-bond acceptors (Lipinski definition) is 49. The van der Waals surface area contributed by atoms with E-state index in [4.69, 9.17) is 109 Å². The number of fused-ring (bicyclic) bond motifs is 6. The van der Waals surface area contributed by atoms with E-state index in [2.05, 4.69) is 102 Å². The fourth-order valence-corrected chi connectivity index (χ4v) is 17.7. The van der Waals surface area contributed by atoms with Crippen molar-refractivity contribution >= 4 is 132 Å². The number of amides is 1. The number of ether oxygens (including phenoxy) is 7. The van der Waals surface area contributed by atoms with E-state index < -0.39 is 251 Å². The first kappa shape index (κ1) is 116. The minimum atomic E-state index is -4.80. The van der Waals surface area contributed by atoms with Crippen LogP contribution in [0.1, 0.15) is 73.3 Å². The summed E-state index contributed by atoms with van der Waals surface area (Å²) in [6.07, 6.45) is -23.6. The maximum Gasteiger partial charge on any atom is 0.469 e.